The van der Waals surface area contributed by atoms with Gasteiger partial charge in [-0.05, 0) is 25.0 Å². The Bertz CT molecular complexity index is 466. The Hall–Kier alpha value is -1.54. The standard InChI is InChI=1S/C13H17F3N2O3/c14-13(15,16)12(20)3-5-18(6-4-12)9-11(19)17-8-10-2-1-7-21-10/h1-2,7,20H,3-6,8-9H2,(H,17,19). The van der Waals surface area contributed by atoms with E-state index in [1.54, 1.807) is 17.0 Å². The van der Waals surface area contributed by atoms with Gasteiger partial charge >= 0.3 is 6.18 Å². The third-order valence-electron chi connectivity index (χ3n) is 3.62. The van der Waals surface area contributed by atoms with Gasteiger partial charge in [-0.15, -0.1) is 0 Å². The molecule has 2 N–H and O–H groups in total. The van der Waals surface area contributed by atoms with Crippen LogP contribution >= 0.6 is 0 Å². The Morgan fingerprint density at radius 2 is 2.10 bits per heavy atom. The summed E-state index contributed by atoms with van der Waals surface area (Å²) in [6, 6.07) is 3.41. The minimum absolute atomic E-state index is 0.00858. The third kappa shape index (κ3) is 3.98. The Kier molecular flexibility index (Phi) is 4.58. The quantitative estimate of drug-likeness (QED) is 0.879. The monoisotopic (exact) mass is 306 g/mol. The first-order valence-electron chi connectivity index (χ1n) is 6.61. The number of alkyl halides is 3. The maximum Gasteiger partial charge on any atom is 0.417 e. The lowest BCUT2D eigenvalue weighted by atomic mass is 9.91. The Morgan fingerprint density at radius 3 is 2.62 bits per heavy atom. The Balaban J connectivity index is 1.74. The van der Waals surface area contributed by atoms with Crippen molar-refractivity contribution in [2.75, 3.05) is 19.6 Å². The molecule has 0 atom stereocenters. The van der Waals surface area contributed by atoms with E-state index in [4.69, 9.17) is 4.42 Å². The molecule has 2 rings (SSSR count). The number of furan rings is 1. The van der Waals surface area contributed by atoms with Crippen molar-refractivity contribution >= 4 is 5.91 Å². The predicted molar refractivity (Wildman–Crippen MR) is 67.2 cm³/mol. The molecule has 0 unspecified atom stereocenters. The van der Waals surface area contributed by atoms with Crippen molar-refractivity contribution < 1.29 is 27.5 Å². The van der Waals surface area contributed by atoms with E-state index < -0.39 is 24.6 Å². The van der Waals surface area contributed by atoms with Gasteiger partial charge in [0, 0.05) is 13.1 Å². The van der Waals surface area contributed by atoms with Crippen molar-refractivity contribution in [2.45, 2.75) is 31.2 Å². The topological polar surface area (TPSA) is 65.7 Å². The fourth-order valence-corrected chi connectivity index (χ4v) is 2.22. The van der Waals surface area contributed by atoms with Gasteiger partial charge in [0.2, 0.25) is 5.91 Å². The molecule has 0 bridgehead atoms. The molecule has 0 saturated carbocycles. The maximum absolute atomic E-state index is 12.6. The number of hydrogen-bond acceptors (Lipinski definition) is 4. The molecule has 1 saturated heterocycles. The first-order chi connectivity index (χ1) is 9.80. The van der Waals surface area contributed by atoms with E-state index in [-0.39, 0.29) is 32.1 Å². The molecule has 1 fully saturated rings. The lowest BCUT2D eigenvalue weighted by Crippen LogP contribution is -2.54. The summed E-state index contributed by atoms with van der Waals surface area (Å²) in [4.78, 5) is 13.3. The van der Waals surface area contributed by atoms with Crippen LogP contribution in [0.3, 0.4) is 0 Å². The second-order valence-corrected chi connectivity index (χ2v) is 5.16. The number of piperidine rings is 1. The number of rotatable bonds is 4. The van der Waals surface area contributed by atoms with Crippen molar-refractivity contribution in [1.82, 2.24) is 10.2 Å². The number of hydrogen-bond donors (Lipinski definition) is 2. The van der Waals surface area contributed by atoms with Crippen LogP contribution in [0.15, 0.2) is 22.8 Å². The van der Waals surface area contributed by atoms with E-state index in [0.29, 0.717) is 5.76 Å². The number of likely N-dealkylation sites (tertiary alicyclic amines) is 1. The van der Waals surface area contributed by atoms with Crippen LogP contribution in [0.1, 0.15) is 18.6 Å². The SMILES string of the molecule is O=C(CN1CCC(O)(C(F)(F)F)CC1)NCc1ccco1. The third-order valence-corrected chi connectivity index (χ3v) is 3.62. The lowest BCUT2D eigenvalue weighted by molar-refractivity contribution is -0.272. The zero-order valence-electron chi connectivity index (χ0n) is 11.3. The van der Waals surface area contributed by atoms with Gasteiger partial charge in [0.25, 0.3) is 0 Å². The average Bonchev–Trinajstić information content (AvgIpc) is 2.91. The summed E-state index contributed by atoms with van der Waals surface area (Å²) in [6.45, 7) is 0.315. The summed E-state index contributed by atoms with van der Waals surface area (Å²) >= 11 is 0. The van der Waals surface area contributed by atoms with Crippen molar-refractivity contribution in [3.05, 3.63) is 24.2 Å². The molecule has 0 aromatic carbocycles. The van der Waals surface area contributed by atoms with Gasteiger partial charge in [0.1, 0.15) is 5.76 Å². The summed E-state index contributed by atoms with van der Waals surface area (Å²) in [5, 5.41) is 12.1. The van der Waals surface area contributed by atoms with Crippen molar-refractivity contribution in [3.8, 4) is 0 Å². The molecule has 1 aromatic heterocycles. The number of nitrogens with zero attached hydrogens (tertiary/aromatic N) is 1. The van der Waals surface area contributed by atoms with E-state index in [1.165, 1.54) is 6.26 Å². The molecule has 1 amide bonds. The number of carbonyl (C=O) groups excluding carboxylic acids is 1. The van der Waals surface area contributed by atoms with E-state index in [2.05, 4.69) is 5.32 Å². The fourth-order valence-electron chi connectivity index (χ4n) is 2.22. The summed E-state index contributed by atoms with van der Waals surface area (Å²) in [5.41, 5.74) is -2.63. The fraction of sp³-hybridized carbons (Fsp3) is 0.615. The number of amides is 1. The summed E-state index contributed by atoms with van der Waals surface area (Å²) in [7, 11) is 0. The van der Waals surface area contributed by atoms with Crippen LogP contribution in [0.5, 0.6) is 0 Å². The maximum atomic E-state index is 12.6. The summed E-state index contributed by atoms with van der Waals surface area (Å²) in [6.07, 6.45) is -3.96. The van der Waals surface area contributed by atoms with E-state index in [0.717, 1.165) is 0 Å². The predicted octanol–water partition coefficient (Wildman–Crippen LogP) is 1.29. The summed E-state index contributed by atoms with van der Waals surface area (Å²) < 4.78 is 43.0. The van der Waals surface area contributed by atoms with Gasteiger partial charge in [-0.3, -0.25) is 9.69 Å². The second-order valence-electron chi connectivity index (χ2n) is 5.16. The highest BCUT2D eigenvalue weighted by molar-refractivity contribution is 5.77. The van der Waals surface area contributed by atoms with Crippen LogP contribution < -0.4 is 5.32 Å². The molecule has 0 spiro atoms. The van der Waals surface area contributed by atoms with E-state index >= 15 is 0 Å². The van der Waals surface area contributed by atoms with E-state index in [1.807, 2.05) is 0 Å². The highest BCUT2D eigenvalue weighted by Gasteiger charge is 2.54. The molecule has 0 aliphatic carbocycles. The van der Waals surface area contributed by atoms with Crippen LogP contribution in [-0.4, -0.2) is 47.3 Å². The molecule has 2 heterocycles. The molecule has 0 radical (unpaired) electrons. The molecule has 21 heavy (non-hydrogen) atoms. The molecule has 5 nitrogen and oxygen atoms in total. The molecule has 1 aromatic rings. The minimum Gasteiger partial charge on any atom is -0.467 e. The van der Waals surface area contributed by atoms with Crippen LogP contribution in [0.4, 0.5) is 13.2 Å². The highest BCUT2D eigenvalue weighted by atomic mass is 19.4. The summed E-state index contributed by atoms with van der Waals surface area (Å²) in [5.74, 6) is 0.317. The van der Waals surface area contributed by atoms with Crippen LogP contribution in [0, 0.1) is 0 Å². The van der Waals surface area contributed by atoms with Crippen LogP contribution in [0.2, 0.25) is 0 Å². The van der Waals surface area contributed by atoms with Crippen molar-refractivity contribution in [2.24, 2.45) is 0 Å². The number of carbonyl (C=O) groups is 1. The average molecular weight is 306 g/mol. The molecule has 8 heteroatoms. The molecule has 1 aliphatic rings. The second kappa shape index (κ2) is 6.07. The Morgan fingerprint density at radius 1 is 1.43 bits per heavy atom. The molecule has 118 valence electrons. The van der Waals surface area contributed by atoms with Gasteiger partial charge in [0.15, 0.2) is 5.60 Å². The minimum atomic E-state index is -4.62. The molecular weight excluding hydrogens is 289 g/mol. The van der Waals surface area contributed by atoms with Crippen molar-refractivity contribution in [3.63, 3.8) is 0 Å². The number of aliphatic hydroxyl groups is 1. The largest absolute Gasteiger partial charge is 0.467 e. The first-order valence-corrected chi connectivity index (χ1v) is 6.61. The Labute approximate surface area is 119 Å². The lowest BCUT2D eigenvalue weighted by Gasteiger charge is -2.38. The van der Waals surface area contributed by atoms with Gasteiger partial charge in [-0.2, -0.15) is 13.2 Å². The van der Waals surface area contributed by atoms with E-state index in [9.17, 15) is 23.1 Å². The highest BCUT2D eigenvalue weighted by Crippen LogP contribution is 2.38. The number of halogens is 3. The van der Waals surface area contributed by atoms with Gasteiger partial charge in [-0.1, -0.05) is 0 Å². The van der Waals surface area contributed by atoms with Crippen molar-refractivity contribution in [1.29, 1.82) is 0 Å². The molecular formula is C13H17F3N2O3. The normalized spacial score (nSPS) is 19.4. The smallest absolute Gasteiger partial charge is 0.417 e. The zero-order chi connectivity index (χ0) is 15.5. The van der Waals surface area contributed by atoms with Crippen LogP contribution in [-0.2, 0) is 11.3 Å². The van der Waals surface area contributed by atoms with Gasteiger partial charge < -0.3 is 14.8 Å². The van der Waals surface area contributed by atoms with Gasteiger partial charge in [0.05, 0.1) is 19.4 Å². The molecule has 1 aliphatic heterocycles. The first kappa shape index (κ1) is 15.8. The van der Waals surface area contributed by atoms with Crippen LogP contribution in [0.25, 0.3) is 0 Å². The zero-order valence-corrected chi connectivity index (χ0v) is 11.3. The number of nitrogens with one attached hydrogen (secondary N) is 1. The van der Waals surface area contributed by atoms with Gasteiger partial charge in [-0.25, -0.2) is 0 Å².